The topological polar surface area (TPSA) is 21.3 Å². The van der Waals surface area contributed by atoms with Gasteiger partial charge in [-0.3, -0.25) is 0 Å². The first-order chi connectivity index (χ1) is 9.12. The standard InChI is InChI=1S/C15H15F2NO/c1-19-14-9-5-8-13(10-14)18-11-15(16,17)12-6-3-2-4-7-12/h2-10,18H,11H2,1H3. The van der Waals surface area contributed by atoms with Crippen LogP contribution in [0.3, 0.4) is 0 Å². The molecule has 4 heteroatoms. The largest absolute Gasteiger partial charge is 0.497 e. The van der Waals surface area contributed by atoms with Crippen molar-refractivity contribution in [2.24, 2.45) is 0 Å². The van der Waals surface area contributed by atoms with E-state index in [2.05, 4.69) is 5.32 Å². The minimum absolute atomic E-state index is 0.00500. The van der Waals surface area contributed by atoms with E-state index in [1.165, 1.54) is 19.2 Å². The fourth-order valence-electron chi connectivity index (χ4n) is 1.73. The molecule has 0 saturated carbocycles. The summed E-state index contributed by atoms with van der Waals surface area (Å²) >= 11 is 0. The first-order valence-electron chi connectivity index (χ1n) is 5.93. The molecule has 0 atom stereocenters. The summed E-state index contributed by atoms with van der Waals surface area (Å²) in [6.45, 7) is -0.454. The van der Waals surface area contributed by atoms with Gasteiger partial charge in [-0.2, -0.15) is 8.78 Å². The second-order valence-corrected chi connectivity index (χ2v) is 4.16. The van der Waals surface area contributed by atoms with Crippen LogP contribution in [0.5, 0.6) is 5.75 Å². The number of alkyl halides is 2. The van der Waals surface area contributed by atoms with Gasteiger partial charge < -0.3 is 10.1 Å². The van der Waals surface area contributed by atoms with Crippen LogP contribution in [0.1, 0.15) is 5.56 Å². The zero-order chi connectivity index (χ0) is 13.7. The minimum Gasteiger partial charge on any atom is -0.497 e. The Morgan fingerprint density at radius 3 is 2.47 bits per heavy atom. The Bertz CT molecular complexity index is 529. The smallest absolute Gasteiger partial charge is 0.290 e. The van der Waals surface area contributed by atoms with Crippen molar-refractivity contribution >= 4 is 5.69 Å². The van der Waals surface area contributed by atoms with E-state index in [9.17, 15) is 8.78 Å². The van der Waals surface area contributed by atoms with Gasteiger partial charge in [-0.15, -0.1) is 0 Å². The van der Waals surface area contributed by atoms with Crippen molar-refractivity contribution < 1.29 is 13.5 Å². The maximum absolute atomic E-state index is 13.9. The fourth-order valence-corrected chi connectivity index (χ4v) is 1.73. The Labute approximate surface area is 111 Å². The maximum atomic E-state index is 13.9. The van der Waals surface area contributed by atoms with Crippen LogP contribution in [0, 0.1) is 0 Å². The van der Waals surface area contributed by atoms with Crippen molar-refractivity contribution in [3.05, 3.63) is 60.2 Å². The molecular formula is C15H15F2NO. The minimum atomic E-state index is -2.91. The van der Waals surface area contributed by atoms with Gasteiger partial charge in [-0.25, -0.2) is 0 Å². The third kappa shape index (κ3) is 3.44. The fraction of sp³-hybridized carbons (Fsp3) is 0.200. The molecule has 0 heterocycles. The summed E-state index contributed by atoms with van der Waals surface area (Å²) in [6, 6.07) is 14.7. The van der Waals surface area contributed by atoms with E-state index in [0.717, 1.165) is 0 Å². The summed E-state index contributed by atoms with van der Waals surface area (Å²) < 4.78 is 32.9. The van der Waals surface area contributed by atoms with Crippen LogP contribution in [0.25, 0.3) is 0 Å². The molecule has 0 aliphatic carbocycles. The monoisotopic (exact) mass is 263 g/mol. The Hall–Kier alpha value is -2.10. The average Bonchev–Trinajstić information content (AvgIpc) is 2.46. The van der Waals surface area contributed by atoms with Gasteiger partial charge in [0, 0.05) is 17.3 Å². The second kappa shape index (κ2) is 5.69. The molecule has 0 unspecified atom stereocenters. The van der Waals surface area contributed by atoms with Gasteiger partial charge in [0.05, 0.1) is 13.7 Å². The molecule has 2 aromatic rings. The number of halogens is 2. The van der Waals surface area contributed by atoms with E-state index in [4.69, 9.17) is 4.74 Å². The number of ether oxygens (including phenoxy) is 1. The molecule has 0 radical (unpaired) electrons. The highest BCUT2D eigenvalue weighted by Crippen LogP contribution is 2.28. The van der Waals surface area contributed by atoms with E-state index in [-0.39, 0.29) is 5.56 Å². The van der Waals surface area contributed by atoms with Crippen molar-refractivity contribution in [1.82, 2.24) is 0 Å². The molecule has 0 aromatic heterocycles. The van der Waals surface area contributed by atoms with Crippen LogP contribution in [0.15, 0.2) is 54.6 Å². The molecule has 2 nitrogen and oxygen atoms in total. The molecule has 0 amide bonds. The molecule has 100 valence electrons. The SMILES string of the molecule is COc1cccc(NCC(F)(F)c2ccccc2)c1. The quantitative estimate of drug-likeness (QED) is 0.883. The zero-order valence-electron chi connectivity index (χ0n) is 10.6. The van der Waals surface area contributed by atoms with Crippen molar-refractivity contribution in [3.8, 4) is 5.75 Å². The Morgan fingerprint density at radius 1 is 1.05 bits per heavy atom. The highest BCUT2D eigenvalue weighted by atomic mass is 19.3. The lowest BCUT2D eigenvalue weighted by Crippen LogP contribution is -2.24. The number of benzene rings is 2. The molecule has 0 aliphatic heterocycles. The molecule has 0 spiro atoms. The van der Waals surface area contributed by atoms with E-state index in [1.807, 2.05) is 0 Å². The van der Waals surface area contributed by atoms with Crippen LogP contribution in [-0.4, -0.2) is 13.7 Å². The summed E-state index contributed by atoms with van der Waals surface area (Å²) in [5.74, 6) is -2.28. The molecule has 0 bridgehead atoms. The van der Waals surface area contributed by atoms with Crippen LogP contribution in [-0.2, 0) is 5.92 Å². The van der Waals surface area contributed by atoms with Crippen molar-refractivity contribution in [2.75, 3.05) is 19.0 Å². The lowest BCUT2D eigenvalue weighted by atomic mass is 10.1. The van der Waals surface area contributed by atoms with Crippen LogP contribution < -0.4 is 10.1 Å². The highest BCUT2D eigenvalue weighted by molar-refractivity contribution is 5.48. The van der Waals surface area contributed by atoms with Gasteiger partial charge in [0.15, 0.2) is 0 Å². The summed E-state index contributed by atoms with van der Waals surface area (Å²) in [6.07, 6.45) is 0. The summed E-state index contributed by atoms with van der Waals surface area (Å²) in [5.41, 5.74) is 0.611. The molecule has 0 aliphatic rings. The zero-order valence-corrected chi connectivity index (χ0v) is 10.6. The second-order valence-electron chi connectivity index (χ2n) is 4.16. The summed E-state index contributed by atoms with van der Waals surface area (Å²) in [7, 11) is 1.54. The van der Waals surface area contributed by atoms with Gasteiger partial charge in [-0.1, -0.05) is 36.4 Å². The number of methoxy groups -OCH3 is 1. The van der Waals surface area contributed by atoms with Gasteiger partial charge in [0.1, 0.15) is 5.75 Å². The Morgan fingerprint density at radius 2 is 1.79 bits per heavy atom. The van der Waals surface area contributed by atoms with E-state index >= 15 is 0 Å². The third-order valence-electron chi connectivity index (χ3n) is 2.78. The number of rotatable bonds is 5. The molecule has 1 N–H and O–H groups in total. The Balaban J connectivity index is 2.05. The normalized spacial score (nSPS) is 11.1. The Kier molecular flexibility index (Phi) is 4.00. The number of hydrogen-bond donors (Lipinski definition) is 1. The van der Waals surface area contributed by atoms with Crippen molar-refractivity contribution in [2.45, 2.75) is 5.92 Å². The molecule has 2 aromatic carbocycles. The molecular weight excluding hydrogens is 248 g/mol. The first-order valence-corrected chi connectivity index (χ1v) is 5.93. The maximum Gasteiger partial charge on any atom is 0.290 e. The third-order valence-corrected chi connectivity index (χ3v) is 2.78. The lowest BCUT2D eigenvalue weighted by Gasteiger charge is -2.18. The molecule has 2 rings (SSSR count). The van der Waals surface area contributed by atoms with Crippen molar-refractivity contribution in [1.29, 1.82) is 0 Å². The highest BCUT2D eigenvalue weighted by Gasteiger charge is 2.30. The van der Waals surface area contributed by atoms with Crippen molar-refractivity contribution in [3.63, 3.8) is 0 Å². The number of nitrogens with one attached hydrogen (secondary N) is 1. The van der Waals surface area contributed by atoms with E-state index in [1.54, 1.807) is 42.5 Å². The molecule has 19 heavy (non-hydrogen) atoms. The van der Waals surface area contributed by atoms with Gasteiger partial charge >= 0.3 is 0 Å². The van der Waals surface area contributed by atoms with Gasteiger partial charge in [0.25, 0.3) is 5.92 Å². The molecule has 0 fully saturated rings. The number of anilines is 1. The average molecular weight is 263 g/mol. The predicted octanol–water partition coefficient (Wildman–Crippen LogP) is 3.90. The summed E-state index contributed by atoms with van der Waals surface area (Å²) in [5, 5.41) is 2.73. The van der Waals surface area contributed by atoms with E-state index in [0.29, 0.717) is 11.4 Å². The predicted molar refractivity (Wildman–Crippen MR) is 71.8 cm³/mol. The van der Waals surface area contributed by atoms with Gasteiger partial charge in [0.2, 0.25) is 0 Å². The molecule has 0 saturated heterocycles. The van der Waals surface area contributed by atoms with E-state index < -0.39 is 12.5 Å². The summed E-state index contributed by atoms with van der Waals surface area (Å²) in [4.78, 5) is 0. The number of hydrogen-bond acceptors (Lipinski definition) is 2. The first kappa shape index (κ1) is 13.3. The van der Waals surface area contributed by atoms with Crippen LogP contribution in [0.4, 0.5) is 14.5 Å². The van der Waals surface area contributed by atoms with Crippen LogP contribution in [0.2, 0.25) is 0 Å². The van der Waals surface area contributed by atoms with Gasteiger partial charge in [-0.05, 0) is 12.1 Å². The van der Waals surface area contributed by atoms with Crippen LogP contribution >= 0.6 is 0 Å². The lowest BCUT2D eigenvalue weighted by molar-refractivity contribution is 0.0106.